The van der Waals surface area contributed by atoms with E-state index in [1.807, 2.05) is 6.08 Å². The van der Waals surface area contributed by atoms with Gasteiger partial charge < -0.3 is 14.2 Å². The van der Waals surface area contributed by atoms with E-state index in [0.717, 1.165) is 116 Å². The lowest BCUT2D eigenvalue weighted by Crippen LogP contribution is -2.30. The highest BCUT2D eigenvalue weighted by molar-refractivity contribution is 5.71. The van der Waals surface area contributed by atoms with Crippen LogP contribution < -0.4 is 0 Å². The first-order valence-electron chi connectivity index (χ1n) is 26.9. The standard InChI is InChI=1S/C60H98O6/c1-4-7-10-13-16-19-22-25-28-29-30-31-33-35-38-41-44-47-50-53-59(62)65-56-57(55-64-58(61)52-49-46-43-40-37-34-27-24-21-18-15-12-9-6-3)66-60(63)54-51-48-45-42-39-36-32-26-23-20-17-14-11-8-5-2/h7-8,10-11,16-17,19-20,25-26,28,30-32,35,38,44,47,57H,4-6,9,12-15,18,21-24,27,29,33-34,36-37,39-43,45-46,48-56H2,1-3H3/b10-7-,11-8-,19-16-,20-17-,28-25-,31-30-,32-26-,38-35-,47-44-. The van der Waals surface area contributed by atoms with Crippen molar-refractivity contribution >= 4 is 17.9 Å². The van der Waals surface area contributed by atoms with Gasteiger partial charge in [0.1, 0.15) is 13.2 Å². The number of carbonyl (C=O) groups excluding carboxylic acids is 3. The van der Waals surface area contributed by atoms with Crippen LogP contribution in [0, 0.1) is 0 Å². The molecule has 0 amide bonds. The number of unbranched alkanes of at least 4 members (excludes halogenated alkanes) is 18. The molecule has 0 aromatic rings. The van der Waals surface area contributed by atoms with Crippen LogP contribution in [0.4, 0.5) is 0 Å². The Morgan fingerprint density at radius 1 is 0.318 bits per heavy atom. The van der Waals surface area contributed by atoms with Gasteiger partial charge in [0.2, 0.25) is 0 Å². The molecule has 1 unspecified atom stereocenters. The van der Waals surface area contributed by atoms with Crippen molar-refractivity contribution in [2.45, 2.75) is 239 Å². The molecule has 0 radical (unpaired) electrons. The molecule has 0 aromatic heterocycles. The van der Waals surface area contributed by atoms with Crippen LogP contribution in [0.5, 0.6) is 0 Å². The third kappa shape index (κ3) is 51.1. The summed E-state index contributed by atoms with van der Waals surface area (Å²) in [6.45, 7) is 6.33. The fourth-order valence-electron chi connectivity index (χ4n) is 7.07. The molecule has 0 N–H and O–H groups in total. The summed E-state index contributed by atoms with van der Waals surface area (Å²) in [7, 11) is 0. The minimum atomic E-state index is -0.818. The average Bonchev–Trinajstić information content (AvgIpc) is 3.31. The topological polar surface area (TPSA) is 78.9 Å². The Balaban J connectivity index is 4.53. The summed E-state index contributed by atoms with van der Waals surface area (Å²) < 4.78 is 16.7. The summed E-state index contributed by atoms with van der Waals surface area (Å²) in [6, 6.07) is 0. The smallest absolute Gasteiger partial charge is 0.306 e. The molecule has 0 aliphatic rings. The second kappa shape index (κ2) is 53.7. The van der Waals surface area contributed by atoms with Gasteiger partial charge in [0.05, 0.1) is 0 Å². The summed E-state index contributed by atoms with van der Waals surface area (Å²) in [5, 5.41) is 0. The summed E-state index contributed by atoms with van der Waals surface area (Å²) in [5.74, 6) is -1.02. The quantitative estimate of drug-likeness (QED) is 0.0262. The van der Waals surface area contributed by atoms with Crippen molar-refractivity contribution in [2.24, 2.45) is 0 Å². The van der Waals surface area contributed by atoms with Crippen LogP contribution in [0.15, 0.2) is 109 Å². The number of rotatable bonds is 47. The van der Waals surface area contributed by atoms with Crippen molar-refractivity contribution < 1.29 is 28.6 Å². The van der Waals surface area contributed by atoms with Crippen LogP contribution in [0.2, 0.25) is 0 Å². The molecule has 0 aliphatic heterocycles. The predicted octanol–water partition coefficient (Wildman–Crippen LogP) is 17.9. The molecule has 6 nitrogen and oxygen atoms in total. The van der Waals surface area contributed by atoms with Crippen molar-refractivity contribution in [3.63, 3.8) is 0 Å². The lowest BCUT2D eigenvalue weighted by molar-refractivity contribution is -0.166. The van der Waals surface area contributed by atoms with Crippen LogP contribution in [0.3, 0.4) is 0 Å². The molecule has 0 aromatic carbocycles. The third-order valence-corrected chi connectivity index (χ3v) is 11.0. The Labute approximate surface area is 406 Å². The zero-order chi connectivity index (χ0) is 47.9. The van der Waals surface area contributed by atoms with Crippen LogP contribution in [-0.2, 0) is 28.6 Å². The van der Waals surface area contributed by atoms with E-state index < -0.39 is 6.10 Å². The molecule has 1 atom stereocenters. The number of esters is 3. The fourth-order valence-corrected chi connectivity index (χ4v) is 7.07. The zero-order valence-corrected chi connectivity index (χ0v) is 42.7. The van der Waals surface area contributed by atoms with Crippen LogP contribution >= 0.6 is 0 Å². The molecule has 0 saturated heterocycles. The van der Waals surface area contributed by atoms with Crippen LogP contribution in [0.25, 0.3) is 0 Å². The highest BCUT2D eigenvalue weighted by Crippen LogP contribution is 2.15. The Bertz CT molecular complexity index is 1370. The number of hydrogen-bond donors (Lipinski definition) is 0. The van der Waals surface area contributed by atoms with Gasteiger partial charge in [-0.15, -0.1) is 0 Å². The maximum absolute atomic E-state index is 12.8. The summed E-state index contributed by atoms with van der Waals surface area (Å²) in [5.41, 5.74) is 0. The fraction of sp³-hybridized carbons (Fsp3) is 0.650. The normalized spacial score (nSPS) is 13.0. The van der Waals surface area contributed by atoms with Gasteiger partial charge in [0.25, 0.3) is 0 Å². The van der Waals surface area contributed by atoms with Gasteiger partial charge in [0.15, 0.2) is 6.10 Å². The Kier molecular flexibility index (Phi) is 50.5. The van der Waals surface area contributed by atoms with E-state index in [1.54, 1.807) is 0 Å². The first-order chi connectivity index (χ1) is 32.5. The number of allylic oxidation sites excluding steroid dienone is 18. The molecule has 0 fully saturated rings. The van der Waals surface area contributed by atoms with Crippen molar-refractivity contribution in [1.82, 2.24) is 0 Å². The molecule has 0 rings (SSSR count). The minimum absolute atomic E-state index is 0.108. The second-order valence-corrected chi connectivity index (χ2v) is 17.4. The Hall–Kier alpha value is -3.93. The van der Waals surface area contributed by atoms with Crippen LogP contribution in [-0.4, -0.2) is 37.2 Å². The predicted molar refractivity (Wildman–Crippen MR) is 283 cm³/mol. The molecule has 374 valence electrons. The summed E-state index contributed by atoms with van der Waals surface area (Å²) in [6.07, 6.45) is 72.3. The first kappa shape index (κ1) is 62.1. The van der Waals surface area contributed by atoms with E-state index >= 15 is 0 Å². The first-order valence-corrected chi connectivity index (χ1v) is 26.9. The van der Waals surface area contributed by atoms with Gasteiger partial charge >= 0.3 is 17.9 Å². The molecular formula is C60H98O6. The van der Waals surface area contributed by atoms with Crippen LogP contribution in [0.1, 0.15) is 233 Å². The van der Waals surface area contributed by atoms with Gasteiger partial charge in [-0.2, -0.15) is 0 Å². The molecule has 0 saturated carbocycles. The molecule has 6 heteroatoms. The van der Waals surface area contributed by atoms with E-state index in [0.29, 0.717) is 19.3 Å². The number of hydrogen-bond acceptors (Lipinski definition) is 6. The number of ether oxygens (including phenoxy) is 3. The van der Waals surface area contributed by atoms with Crippen molar-refractivity contribution in [3.05, 3.63) is 109 Å². The number of carbonyl (C=O) groups is 3. The molecule has 0 spiro atoms. The Morgan fingerprint density at radius 2 is 0.621 bits per heavy atom. The highest BCUT2D eigenvalue weighted by atomic mass is 16.6. The third-order valence-electron chi connectivity index (χ3n) is 11.0. The summed E-state index contributed by atoms with van der Waals surface area (Å²) in [4.78, 5) is 38.0. The van der Waals surface area contributed by atoms with Gasteiger partial charge in [0, 0.05) is 19.3 Å². The minimum Gasteiger partial charge on any atom is -0.462 e. The molecule has 0 heterocycles. The molecule has 0 aliphatic carbocycles. The lowest BCUT2D eigenvalue weighted by atomic mass is 10.0. The van der Waals surface area contributed by atoms with E-state index in [9.17, 15) is 14.4 Å². The maximum Gasteiger partial charge on any atom is 0.306 e. The average molecular weight is 915 g/mol. The van der Waals surface area contributed by atoms with E-state index in [-0.39, 0.29) is 37.5 Å². The van der Waals surface area contributed by atoms with Gasteiger partial charge in [-0.25, -0.2) is 0 Å². The SMILES string of the molecule is CC/C=C\C/C=C\C/C=C\C/C=C\C/C=C\C/C=C\CCC(=O)OCC(COC(=O)CCCCCCCCCCCCCCCC)OC(=O)CCCCCCC/C=C\C/C=C\C/C=C\CC. The van der Waals surface area contributed by atoms with E-state index in [1.165, 1.54) is 70.6 Å². The molecule has 0 bridgehead atoms. The zero-order valence-electron chi connectivity index (χ0n) is 42.7. The Morgan fingerprint density at radius 3 is 1.02 bits per heavy atom. The lowest BCUT2D eigenvalue weighted by Gasteiger charge is -2.18. The van der Waals surface area contributed by atoms with Crippen molar-refractivity contribution in [3.8, 4) is 0 Å². The van der Waals surface area contributed by atoms with Gasteiger partial charge in [-0.3, -0.25) is 14.4 Å². The van der Waals surface area contributed by atoms with Gasteiger partial charge in [-0.1, -0.05) is 233 Å². The van der Waals surface area contributed by atoms with E-state index in [2.05, 4.69) is 124 Å². The summed E-state index contributed by atoms with van der Waals surface area (Å²) >= 11 is 0. The van der Waals surface area contributed by atoms with Crippen molar-refractivity contribution in [1.29, 1.82) is 0 Å². The maximum atomic E-state index is 12.8. The van der Waals surface area contributed by atoms with Gasteiger partial charge in [-0.05, 0) is 89.9 Å². The largest absolute Gasteiger partial charge is 0.462 e. The van der Waals surface area contributed by atoms with E-state index in [4.69, 9.17) is 14.2 Å². The molecular weight excluding hydrogens is 817 g/mol. The van der Waals surface area contributed by atoms with Crippen molar-refractivity contribution in [2.75, 3.05) is 13.2 Å². The molecule has 66 heavy (non-hydrogen) atoms. The highest BCUT2D eigenvalue weighted by Gasteiger charge is 2.19. The monoisotopic (exact) mass is 915 g/mol. The second-order valence-electron chi connectivity index (χ2n) is 17.4.